The molecule has 2 fully saturated rings. The van der Waals surface area contributed by atoms with Gasteiger partial charge in [-0.15, -0.1) is 0 Å². The molecule has 8 nitrogen and oxygen atoms in total. The van der Waals surface area contributed by atoms with Gasteiger partial charge in [-0.25, -0.2) is 9.97 Å². The maximum Gasteiger partial charge on any atom is 0.416 e. The molecule has 2 aromatic rings. The number of piperidine rings is 1. The van der Waals surface area contributed by atoms with Crippen LogP contribution in [0, 0.1) is 11.7 Å². The predicted octanol–water partition coefficient (Wildman–Crippen LogP) is 3.29. The van der Waals surface area contributed by atoms with E-state index in [1.807, 2.05) is 4.90 Å². The molecule has 0 bridgehead atoms. The number of nitrogens with one attached hydrogen (secondary N) is 1. The number of nitrogens with zero attached hydrogens (tertiary/aromatic N) is 4. The minimum Gasteiger partial charge on any atom is -0.508 e. The number of anilines is 2. The second kappa shape index (κ2) is 10.2. The third kappa shape index (κ3) is 5.75. The molecule has 0 saturated carbocycles. The molecular weight excluding hydrogens is 468 g/mol. The highest BCUT2D eigenvalue weighted by Crippen LogP contribution is 2.42. The van der Waals surface area contributed by atoms with Crippen LogP contribution in [0.1, 0.15) is 42.9 Å². The van der Waals surface area contributed by atoms with Crippen LogP contribution in [-0.4, -0.2) is 58.6 Å². The Kier molecular flexibility index (Phi) is 7.29. The van der Waals surface area contributed by atoms with E-state index in [4.69, 9.17) is 5.73 Å². The summed E-state index contributed by atoms with van der Waals surface area (Å²) < 4.78 is 54.3. The van der Waals surface area contributed by atoms with Crippen LogP contribution in [0.25, 0.3) is 0 Å². The second-order valence-corrected chi connectivity index (χ2v) is 9.05. The number of likely N-dealkylation sites (tertiary alicyclic amines) is 1. The van der Waals surface area contributed by atoms with Crippen molar-refractivity contribution >= 4 is 17.5 Å². The summed E-state index contributed by atoms with van der Waals surface area (Å²) in [7, 11) is 0. The predicted molar refractivity (Wildman–Crippen MR) is 121 cm³/mol. The zero-order valence-electron chi connectivity index (χ0n) is 19.1. The van der Waals surface area contributed by atoms with Crippen LogP contribution in [0.5, 0.6) is 5.75 Å². The van der Waals surface area contributed by atoms with Gasteiger partial charge in [0, 0.05) is 18.7 Å². The Hall–Kier alpha value is -3.15. The number of hydrogen-bond acceptors (Lipinski definition) is 7. The van der Waals surface area contributed by atoms with Gasteiger partial charge in [0.1, 0.15) is 12.1 Å². The number of rotatable bonds is 7. The molecule has 3 heterocycles. The fraction of sp³-hybridized carbons (Fsp3) is 0.522. The van der Waals surface area contributed by atoms with Crippen molar-refractivity contribution in [3.63, 3.8) is 0 Å². The molecular formula is C23H28F4N6O2. The van der Waals surface area contributed by atoms with Crippen molar-refractivity contribution in [1.82, 2.24) is 14.9 Å². The number of hydrogen-bond donors (Lipinski definition) is 3. The number of nitrogens with two attached hydrogens (primary N) is 1. The van der Waals surface area contributed by atoms with E-state index in [2.05, 4.69) is 15.3 Å². The topological polar surface area (TPSA) is 108 Å². The molecule has 12 heteroatoms. The highest BCUT2D eigenvalue weighted by Gasteiger charge is 2.35. The van der Waals surface area contributed by atoms with Gasteiger partial charge in [0.05, 0.1) is 18.2 Å². The molecule has 0 unspecified atom stereocenters. The van der Waals surface area contributed by atoms with Gasteiger partial charge in [-0.1, -0.05) is 6.07 Å². The smallest absolute Gasteiger partial charge is 0.416 e. The standard InChI is InChI=1S/C23H28F4N6O2/c24-20-21(29-11-14-5-8-32(9-6-14)12-19(28)35)30-13-31-22(20)33-7-1-2-17(33)16-4-3-15(10-18(16)34)23(25,26)27/h3-4,10,13-14,17,34H,1-2,5-9,11-12H2,(H2,28,35)(H,29,30,31)/t17-/m0/s1. The molecule has 2 aliphatic rings. The number of amides is 1. The second-order valence-electron chi connectivity index (χ2n) is 9.05. The van der Waals surface area contributed by atoms with Crippen molar-refractivity contribution in [3.8, 4) is 5.75 Å². The Morgan fingerprint density at radius 2 is 1.91 bits per heavy atom. The minimum atomic E-state index is -4.57. The summed E-state index contributed by atoms with van der Waals surface area (Å²) in [6.07, 6.45) is -0.444. The SMILES string of the molecule is NC(=O)CN1CCC(CNc2ncnc(N3CCC[C@H]3c3ccc(C(F)(F)F)cc3O)c2F)CC1. The van der Waals surface area contributed by atoms with Gasteiger partial charge in [0.2, 0.25) is 11.7 Å². The number of phenolic OH excluding ortho intramolecular Hbond substituents is 1. The van der Waals surface area contributed by atoms with Crippen LogP contribution in [0.4, 0.5) is 29.2 Å². The van der Waals surface area contributed by atoms with Crippen molar-refractivity contribution in [2.24, 2.45) is 11.7 Å². The van der Waals surface area contributed by atoms with Crippen molar-refractivity contribution in [2.45, 2.75) is 37.9 Å². The zero-order valence-corrected chi connectivity index (χ0v) is 19.1. The number of halogens is 4. The number of aromatic nitrogens is 2. The van der Waals surface area contributed by atoms with Crippen LogP contribution >= 0.6 is 0 Å². The van der Waals surface area contributed by atoms with Gasteiger partial charge in [-0.3, -0.25) is 9.69 Å². The third-order valence-electron chi connectivity index (χ3n) is 6.66. The summed E-state index contributed by atoms with van der Waals surface area (Å²) in [4.78, 5) is 22.9. The van der Waals surface area contributed by atoms with Crippen molar-refractivity contribution in [3.05, 3.63) is 41.5 Å². The number of alkyl halides is 3. The summed E-state index contributed by atoms with van der Waals surface area (Å²) in [6.45, 7) is 2.64. The van der Waals surface area contributed by atoms with Crippen LogP contribution in [0.15, 0.2) is 24.5 Å². The van der Waals surface area contributed by atoms with Crippen LogP contribution < -0.4 is 16.0 Å². The van der Waals surface area contributed by atoms with Gasteiger partial charge in [0.15, 0.2) is 11.6 Å². The molecule has 1 atom stereocenters. The van der Waals surface area contributed by atoms with E-state index in [-0.39, 0.29) is 30.0 Å². The molecule has 2 aliphatic heterocycles. The maximum atomic E-state index is 15.4. The van der Waals surface area contributed by atoms with Gasteiger partial charge >= 0.3 is 6.18 Å². The molecule has 1 aromatic heterocycles. The fourth-order valence-electron chi connectivity index (χ4n) is 4.84. The van der Waals surface area contributed by atoms with E-state index < -0.39 is 29.3 Å². The van der Waals surface area contributed by atoms with E-state index >= 15 is 4.39 Å². The number of carbonyl (C=O) groups excluding carboxylic acids is 1. The normalized spacial score (nSPS) is 19.8. The summed E-state index contributed by atoms with van der Waals surface area (Å²) in [6, 6.07) is 2.35. The Balaban J connectivity index is 1.45. The molecule has 4 rings (SSSR count). The Morgan fingerprint density at radius 3 is 2.57 bits per heavy atom. The average Bonchev–Trinajstić information content (AvgIpc) is 3.27. The molecule has 0 radical (unpaired) electrons. The Morgan fingerprint density at radius 1 is 1.17 bits per heavy atom. The monoisotopic (exact) mass is 496 g/mol. The fourth-order valence-corrected chi connectivity index (χ4v) is 4.84. The van der Waals surface area contributed by atoms with Gasteiger partial charge in [0.25, 0.3) is 0 Å². The average molecular weight is 497 g/mol. The van der Waals surface area contributed by atoms with E-state index in [9.17, 15) is 23.1 Å². The Labute approximate surface area is 200 Å². The molecule has 2 saturated heterocycles. The Bertz CT molecular complexity index is 1060. The lowest BCUT2D eigenvalue weighted by Crippen LogP contribution is -2.40. The quantitative estimate of drug-likeness (QED) is 0.505. The molecule has 190 valence electrons. The lowest BCUT2D eigenvalue weighted by atomic mass is 9.97. The van der Waals surface area contributed by atoms with E-state index in [0.29, 0.717) is 37.6 Å². The summed E-state index contributed by atoms with van der Waals surface area (Å²) in [5, 5.41) is 13.4. The first kappa shape index (κ1) is 25.0. The lowest BCUT2D eigenvalue weighted by Gasteiger charge is -2.31. The maximum absolute atomic E-state index is 15.4. The molecule has 4 N–H and O–H groups in total. The largest absolute Gasteiger partial charge is 0.508 e. The molecule has 1 amide bonds. The summed E-state index contributed by atoms with van der Waals surface area (Å²) >= 11 is 0. The van der Waals surface area contributed by atoms with Crippen molar-refractivity contribution < 1.29 is 27.5 Å². The third-order valence-corrected chi connectivity index (χ3v) is 6.66. The molecule has 0 spiro atoms. The molecule has 0 aliphatic carbocycles. The van der Waals surface area contributed by atoms with Crippen LogP contribution in [-0.2, 0) is 11.0 Å². The van der Waals surface area contributed by atoms with Crippen LogP contribution in [0.3, 0.4) is 0 Å². The molecule has 35 heavy (non-hydrogen) atoms. The number of primary amides is 1. The van der Waals surface area contributed by atoms with E-state index in [0.717, 1.165) is 32.0 Å². The highest BCUT2D eigenvalue weighted by atomic mass is 19.4. The summed E-state index contributed by atoms with van der Waals surface area (Å²) in [5.41, 5.74) is 4.60. The first-order chi connectivity index (χ1) is 16.6. The highest BCUT2D eigenvalue weighted by molar-refractivity contribution is 5.75. The van der Waals surface area contributed by atoms with Crippen LogP contribution in [0.2, 0.25) is 0 Å². The number of phenols is 1. The van der Waals surface area contributed by atoms with Gasteiger partial charge in [-0.2, -0.15) is 17.6 Å². The summed E-state index contributed by atoms with van der Waals surface area (Å²) in [5.74, 6) is -1.11. The number of benzene rings is 1. The van der Waals surface area contributed by atoms with Crippen molar-refractivity contribution in [2.75, 3.05) is 42.9 Å². The first-order valence-corrected chi connectivity index (χ1v) is 11.5. The van der Waals surface area contributed by atoms with E-state index in [1.165, 1.54) is 12.4 Å². The minimum absolute atomic E-state index is 0.0422. The first-order valence-electron chi connectivity index (χ1n) is 11.5. The lowest BCUT2D eigenvalue weighted by molar-refractivity contribution is -0.137. The number of aromatic hydroxyl groups is 1. The number of carbonyl (C=O) groups is 1. The molecule has 1 aromatic carbocycles. The zero-order chi connectivity index (χ0) is 25.2. The van der Waals surface area contributed by atoms with Gasteiger partial charge < -0.3 is 21.1 Å². The van der Waals surface area contributed by atoms with Gasteiger partial charge in [-0.05, 0) is 56.8 Å². The van der Waals surface area contributed by atoms with Crippen molar-refractivity contribution in [1.29, 1.82) is 0 Å². The van der Waals surface area contributed by atoms with E-state index in [1.54, 1.807) is 4.90 Å².